The van der Waals surface area contributed by atoms with Gasteiger partial charge in [0, 0.05) is 12.1 Å². The number of nitrogens with one attached hydrogen (secondary N) is 1. The van der Waals surface area contributed by atoms with E-state index in [2.05, 4.69) is 5.32 Å². The summed E-state index contributed by atoms with van der Waals surface area (Å²) in [4.78, 5) is 28.4. The molecule has 0 radical (unpaired) electrons. The Morgan fingerprint density at radius 2 is 1.54 bits per heavy atom. The summed E-state index contributed by atoms with van der Waals surface area (Å²) >= 11 is 0. The number of carbonyl (C=O) groups is 2. The van der Waals surface area contributed by atoms with E-state index in [4.69, 9.17) is 4.74 Å². The van der Waals surface area contributed by atoms with Crippen LogP contribution in [0.25, 0.3) is 0 Å². The van der Waals surface area contributed by atoms with E-state index < -0.39 is 39.9 Å². The summed E-state index contributed by atoms with van der Waals surface area (Å²) < 4.78 is 46.0. The molecule has 0 aliphatic carbocycles. The van der Waals surface area contributed by atoms with Crippen LogP contribution in [0.3, 0.4) is 0 Å². The maximum Gasteiger partial charge on any atom is 0.244 e. The molecule has 0 spiro atoms. The zero-order valence-electron chi connectivity index (χ0n) is 24.1. The third-order valence-corrected chi connectivity index (χ3v) is 7.34. The van der Waals surface area contributed by atoms with Gasteiger partial charge in [0.25, 0.3) is 0 Å². The average molecular weight is 584 g/mol. The molecule has 10 heteroatoms. The Morgan fingerprint density at radius 1 is 0.927 bits per heavy atom. The van der Waals surface area contributed by atoms with Gasteiger partial charge in [0.05, 0.1) is 11.9 Å². The van der Waals surface area contributed by atoms with Crippen molar-refractivity contribution in [2.24, 2.45) is 0 Å². The number of sulfonamides is 1. The normalized spacial score (nSPS) is 12.3. The van der Waals surface area contributed by atoms with E-state index in [1.54, 1.807) is 31.2 Å². The van der Waals surface area contributed by atoms with E-state index in [0.717, 1.165) is 16.1 Å². The minimum Gasteiger partial charge on any atom is -0.489 e. The lowest BCUT2D eigenvalue weighted by atomic mass is 10.1. The number of hydrogen-bond acceptors (Lipinski definition) is 5. The quantitative estimate of drug-likeness (QED) is 0.328. The van der Waals surface area contributed by atoms with Gasteiger partial charge in [-0.1, -0.05) is 49.4 Å². The molecule has 3 aromatic carbocycles. The molecule has 3 aromatic rings. The van der Waals surface area contributed by atoms with Gasteiger partial charge in [0.2, 0.25) is 21.8 Å². The number of halogens is 1. The highest BCUT2D eigenvalue weighted by Gasteiger charge is 2.33. The van der Waals surface area contributed by atoms with E-state index in [9.17, 15) is 22.4 Å². The highest BCUT2D eigenvalue weighted by atomic mass is 32.2. The van der Waals surface area contributed by atoms with Gasteiger partial charge in [-0.25, -0.2) is 12.8 Å². The number of carbonyl (C=O) groups excluding carboxylic acids is 2. The first kappa shape index (κ1) is 31.6. The van der Waals surface area contributed by atoms with Crippen molar-refractivity contribution in [1.29, 1.82) is 0 Å². The van der Waals surface area contributed by atoms with Gasteiger partial charge in [-0.05, 0) is 74.7 Å². The Labute approximate surface area is 242 Å². The molecule has 0 aliphatic rings. The summed E-state index contributed by atoms with van der Waals surface area (Å²) in [7, 11) is -3.88. The Balaban J connectivity index is 1.86. The topological polar surface area (TPSA) is 96.0 Å². The van der Waals surface area contributed by atoms with Crippen LogP contribution in [0.1, 0.15) is 45.2 Å². The highest BCUT2D eigenvalue weighted by molar-refractivity contribution is 7.92. The zero-order valence-corrected chi connectivity index (χ0v) is 24.9. The molecule has 0 bridgehead atoms. The number of hydrogen-bond donors (Lipinski definition) is 1. The van der Waals surface area contributed by atoms with Gasteiger partial charge < -0.3 is 15.0 Å². The molecule has 220 valence electrons. The molecule has 1 N–H and O–H groups in total. The summed E-state index contributed by atoms with van der Waals surface area (Å²) in [6.07, 6.45) is 1.31. The number of rotatable bonds is 12. The highest BCUT2D eigenvalue weighted by Crippen LogP contribution is 2.24. The first-order valence-corrected chi connectivity index (χ1v) is 15.2. The summed E-state index contributed by atoms with van der Waals surface area (Å²) in [5, 5.41) is 2.91. The van der Waals surface area contributed by atoms with Gasteiger partial charge >= 0.3 is 0 Å². The number of benzene rings is 3. The maximum absolute atomic E-state index is 13.8. The fraction of sp³-hybridized carbons (Fsp3) is 0.355. The Hall–Kier alpha value is -3.92. The van der Waals surface area contributed by atoms with Crippen LogP contribution in [-0.4, -0.2) is 49.5 Å². The summed E-state index contributed by atoms with van der Waals surface area (Å²) in [6, 6.07) is 20.8. The van der Waals surface area contributed by atoms with Gasteiger partial charge in [-0.3, -0.25) is 13.9 Å². The van der Waals surface area contributed by atoms with Crippen molar-refractivity contribution in [2.75, 3.05) is 17.1 Å². The molecule has 0 saturated heterocycles. The van der Waals surface area contributed by atoms with E-state index in [-0.39, 0.29) is 18.1 Å². The molecule has 1 unspecified atom stereocenters. The average Bonchev–Trinajstić information content (AvgIpc) is 2.91. The van der Waals surface area contributed by atoms with Crippen LogP contribution in [0.2, 0.25) is 0 Å². The van der Waals surface area contributed by atoms with Crippen molar-refractivity contribution < 1.29 is 27.1 Å². The van der Waals surface area contributed by atoms with Crippen LogP contribution in [0.15, 0.2) is 78.9 Å². The zero-order chi connectivity index (χ0) is 30.2. The van der Waals surface area contributed by atoms with Crippen LogP contribution in [0.4, 0.5) is 10.1 Å². The van der Waals surface area contributed by atoms with E-state index >= 15 is 0 Å². The van der Waals surface area contributed by atoms with E-state index in [0.29, 0.717) is 24.3 Å². The molecule has 1 atom stereocenters. The first-order chi connectivity index (χ1) is 19.3. The number of amides is 2. The van der Waals surface area contributed by atoms with Crippen LogP contribution < -0.4 is 14.4 Å². The molecule has 0 heterocycles. The SMILES string of the molecule is CCC(C(=O)NC(C)(C)C)N(Cc1ccc(F)cc1)C(=O)CN(c1ccc(OCc2ccccc2)cc1)S(C)(=O)=O. The smallest absolute Gasteiger partial charge is 0.244 e. The van der Waals surface area contributed by atoms with Gasteiger partial charge in [0.15, 0.2) is 0 Å². The van der Waals surface area contributed by atoms with Gasteiger partial charge in [-0.2, -0.15) is 0 Å². The Morgan fingerprint density at radius 3 is 2.07 bits per heavy atom. The van der Waals surface area contributed by atoms with Crippen molar-refractivity contribution in [3.05, 3.63) is 95.8 Å². The summed E-state index contributed by atoms with van der Waals surface area (Å²) in [5.74, 6) is -0.815. The second-order valence-electron chi connectivity index (χ2n) is 10.8. The predicted octanol–water partition coefficient (Wildman–Crippen LogP) is 4.89. The second kappa shape index (κ2) is 13.6. The van der Waals surface area contributed by atoms with Gasteiger partial charge in [0.1, 0.15) is 30.8 Å². The van der Waals surface area contributed by atoms with Crippen molar-refractivity contribution in [2.45, 2.75) is 58.8 Å². The summed E-state index contributed by atoms with van der Waals surface area (Å²) in [5.41, 5.74) is 1.33. The van der Waals surface area contributed by atoms with Crippen molar-refractivity contribution in [3.8, 4) is 5.75 Å². The number of ether oxygens (including phenoxy) is 1. The van der Waals surface area contributed by atoms with Crippen LogP contribution in [0, 0.1) is 5.82 Å². The molecule has 8 nitrogen and oxygen atoms in total. The molecule has 0 aromatic heterocycles. The standard InChI is InChI=1S/C31H38FN3O5S/c1-6-28(30(37)33-31(2,3)4)34(20-23-12-14-25(32)15-13-23)29(36)21-35(41(5,38)39)26-16-18-27(19-17-26)40-22-24-10-8-7-9-11-24/h7-19,28H,6,20-22H2,1-5H3,(H,33,37). The Kier molecular flexibility index (Phi) is 10.5. The second-order valence-corrected chi connectivity index (χ2v) is 12.8. The molecule has 0 fully saturated rings. The molecule has 3 rings (SSSR count). The third-order valence-electron chi connectivity index (χ3n) is 6.20. The lowest BCUT2D eigenvalue weighted by molar-refractivity contribution is -0.141. The lowest BCUT2D eigenvalue weighted by Gasteiger charge is -2.34. The third kappa shape index (κ3) is 9.60. The number of nitrogens with zero attached hydrogens (tertiary/aromatic N) is 2. The largest absolute Gasteiger partial charge is 0.489 e. The minimum atomic E-state index is -3.88. The van der Waals surface area contributed by atoms with Crippen LogP contribution >= 0.6 is 0 Å². The minimum absolute atomic E-state index is 0.000944. The van der Waals surface area contributed by atoms with Gasteiger partial charge in [-0.15, -0.1) is 0 Å². The van der Waals surface area contributed by atoms with Crippen molar-refractivity contribution >= 4 is 27.5 Å². The molecular weight excluding hydrogens is 545 g/mol. The molecule has 2 amide bonds. The molecular formula is C31H38FN3O5S. The Bertz CT molecular complexity index is 1410. The molecule has 0 aliphatic heterocycles. The van der Waals surface area contributed by atoms with Crippen LogP contribution in [-0.2, 0) is 32.8 Å². The van der Waals surface area contributed by atoms with Crippen LogP contribution in [0.5, 0.6) is 5.75 Å². The molecule has 41 heavy (non-hydrogen) atoms. The van der Waals surface area contributed by atoms with Crippen molar-refractivity contribution in [3.63, 3.8) is 0 Å². The fourth-order valence-corrected chi connectivity index (χ4v) is 5.07. The fourth-order valence-electron chi connectivity index (χ4n) is 4.22. The van der Waals surface area contributed by atoms with E-state index in [1.807, 2.05) is 51.1 Å². The molecule has 0 saturated carbocycles. The lowest BCUT2D eigenvalue weighted by Crippen LogP contribution is -2.55. The van der Waals surface area contributed by atoms with Crippen molar-refractivity contribution in [1.82, 2.24) is 10.2 Å². The predicted molar refractivity (Wildman–Crippen MR) is 158 cm³/mol. The summed E-state index contributed by atoms with van der Waals surface area (Å²) in [6.45, 7) is 7.11. The van der Waals surface area contributed by atoms with E-state index in [1.165, 1.54) is 29.2 Å². The number of anilines is 1. The maximum atomic E-state index is 13.8. The first-order valence-electron chi connectivity index (χ1n) is 13.4. The monoisotopic (exact) mass is 583 g/mol.